The number of nitrogens with one attached hydrogen (secondary N) is 1. The van der Waals surface area contributed by atoms with Crippen LogP contribution in [0.5, 0.6) is 0 Å². The third-order valence-corrected chi connectivity index (χ3v) is 4.48. The van der Waals surface area contributed by atoms with Crippen LogP contribution in [0.1, 0.15) is 30.9 Å². The minimum atomic E-state index is 0.516. The summed E-state index contributed by atoms with van der Waals surface area (Å²) in [7, 11) is 0. The molecule has 0 unspecified atom stereocenters. The van der Waals surface area contributed by atoms with Gasteiger partial charge in [-0.05, 0) is 42.7 Å². The second kappa shape index (κ2) is 6.59. The maximum absolute atomic E-state index is 4.51. The minimum Gasteiger partial charge on any atom is -0.340 e. The molecular formula is C21H21N5. The molecule has 1 N–H and O–H groups in total. The van der Waals surface area contributed by atoms with Gasteiger partial charge in [0.2, 0.25) is 0 Å². The molecule has 0 aliphatic rings. The molecule has 5 heteroatoms. The summed E-state index contributed by atoms with van der Waals surface area (Å²) in [5, 5.41) is 8.78. The van der Waals surface area contributed by atoms with Crippen molar-refractivity contribution in [2.45, 2.75) is 26.7 Å². The maximum Gasteiger partial charge on any atom is 0.168 e. The average Bonchev–Trinajstić information content (AvgIpc) is 3.08. The first-order chi connectivity index (χ1) is 12.6. The largest absolute Gasteiger partial charge is 0.340 e. The van der Waals surface area contributed by atoms with E-state index in [1.165, 1.54) is 11.1 Å². The highest BCUT2D eigenvalue weighted by Gasteiger charge is 2.11. The van der Waals surface area contributed by atoms with Crippen molar-refractivity contribution in [2.24, 2.45) is 0 Å². The summed E-state index contributed by atoms with van der Waals surface area (Å²) in [4.78, 5) is 8.83. The predicted molar refractivity (Wildman–Crippen MR) is 105 cm³/mol. The van der Waals surface area contributed by atoms with Crippen LogP contribution in [0.2, 0.25) is 0 Å². The number of aryl methyl sites for hydroxylation is 1. The lowest BCUT2D eigenvalue weighted by Gasteiger charge is -2.09. The lowest BCUT2D eigenvalue weighted by Crippen LogP contribution is -1.99. The fourth-order valence-electron chi connectivity index (χ4n) is 2.91. The minimum absolute atomic E-state index is 0.516. The summed E-state index contributed by atoms with van der Waals surface area (Å²) < 4.78 is 1.84. The molecule has 0 amide bonds. The first kappa shape index (κ1) is 16.3. The first-order valence-corrected chi connectivity index (χ1v) is 8.74. The highest BCUT2D eigenvalue weighted by Crippen LogP contribution is 2.25. The predicted octanol–water partition coefficient (Wildman–Crippen LogP) is 4.99. The van der Waals surface area contributed by atoms with Crippen molar-refractivity contribution in [3.8, 4) is 5.69 Å². The molecule has 4 rings (SSSR count). The van der Waals surface area contributed by atoms with Crippen molar-refractivity contribution in [3.63, 3.8) is 0 Å². The SMILES string of the molecule is Cc1ccc(-n2ncc3c(Nc4ccc(C(C)C)cc4)ncnc32)cc1. The van der Waals surface area contributed by atoms with E-state index in [0.717, 1.165) is 28.2 Å². The fourth-order valence-corrected chi connectivity index (χ4v) is 2.91. The van der Waals surface area contributed by atoms with Crippen LogP contribution >= 0.6 is 0 Å². The molecule has 0 spiro atoms. The summed E-state index contributed by atoms with van der Waals surface area (Å²) in [5.41, 5.74) is 5.29. The number of aromatic nitrogens is 4. The summed E-state index contributed by atoms with van der Waals surface area (Å²) in [6, 6.07) is 16.7. The summed E-state index contributed by atoms with van der Waals surface area (Å²) in [6.45, 7) is 6.45. The Kier molecular flexibility index (Phi) is 4.13. The normalized spacial score (nSPS) is 11.2. The van der Waals surface area contributed by atoms with Gasteiger partial charge in [-0.1, -0.05) is 43.7 Å². The van der Waals surface area contributed by atoms with Crippen molar-refractivity contribution in [3.05, 3.63) is 72.2 Å². The topological polar surface area (TPSA) is 55.6 Å². The first-order valence-electron chi connectivity index (χ1n) is 8.74. The molecule has 130 valence electrons. The van der Waals surface area contributed by atoms with E-state index in [1.807, 2.05) is 16.8 Å². The Morgan fingerprint density at radius 2 is 1.65 bits per heavy atom. The molecular weight excluding hydrogens is 322 g/mol. The van der Waals surface area contributed by atoms with E-state index in [-0.39, 0.29) is 0 Å². The van der Waals surface area contributed by atoms with Gasteiger partial charge >= 0.3 is 0 Å². The second-order valence-electron chi connectivity index (χ2n) is 6.75. The molecule has 2 aromatic heterocycles. The van der Waals surface area contributed by atoms with Crippen LogP contribution in [-0.2, 0) is 0 Å². The monoisotopic (exact) mass is 343 g/mol. The second-order valence-corrected chi connectivity index (χ2v) is 6.75. The van der Waals surface area contributed by atoms with Crippen LogP contribution in [0.25, 0.3) is 16.7 Å². The quantitative estimate of drug-likeness (QED) is 0.567. The summed E-state index contributed by atoms with van der Waals surface area (Å²) >= 11 is 0. The average molecular weight is 343 g/mol. The molecule has 0 saturated heterocycles. The van der Waals surface area contributed by atoms with Crippen molar-refractivity contribution in [1.29, 1.82) is 0 Å². The van der Waals surface area contributed by atoms with Gasteiger partial charge in [-0.25, -0.2) is 14.6 Å². The Hall–Kier alpha value is -3.21. The van der Waals surface area contributed by atoms with Gasteiger partial charge in [0.05, 0.1) is 17.3 Å². The number of hydrogen-bond acceptors (Lipinski definition) is 4. The molecule has 2 aromatic carbocycles. The molecule has 0 fully saturated rings. The van der Waals surface area contributed by atoms with E-state index in [2.05, 4.69) is 77.6 Å². The highest BCUT2D eigenvalue weighted by atomic mass is 15.3. The fraction of sp³-hybridized carbons (Fsp3) is 0.190. The Morgan fingerprint density at radius 1 is 0.923 bits per heavy atom. The van der Waals surface area contributed by atoms with Crippen LogP contribution in [0.4, 0.5) is 11.5 Å². The van der Waals surface area contributed by atoms with Crippen LogP contribution in [0, 0.1) is 6.92 Å². The molecule has 0 aliphatic carbocycles. The van der Waals surface area contributed by atoms with E-state index in [0.29, 0.717) is 5.92 Å². The van der Waals surface area contributed by atoms with Gasteiger partial charge in [0.1, 0.15) is 12.1 Å². The van der Waals surface area contributed by atoms with E-state index in [4.69, 9.17) is 0 Å². The number of rotatable bonds is 4. The Bertz CT molecular complexity index is 1030. The molecule has 26 heavy (non-hydrogen) atoms. The third kappa shape index (κ3) is 3.04. The Balaban J connectivity index is 1.69. The molecule has 0 atom stereocenters. The van der Waals surface area contributed by atoms with Gasteiger partial charge in [0.15, 0.2) is 5.65 Å². The van der Waals surface area contributed by atoms with E-state index >= 15 is 0 Å². The highest BCUT2D eigenvalue weighted by molar-refractivity contribution is 5.89. The Labute approximate surface area is 152 Å². The molecule has 4 aromatic rings. The van der Waals surface area contributed by atoms with Crippen LogP contribution in [0.3, 0.4) is 0 Å². The molecule has 5 nitrogen and oxygen atoms in total. The summed E-state index contributed by atoms with van der Waals surface area (Å²) in [6.07, 6.45) is 3.37. The van der Waals surface area contributed by atoms with Gasteiger partial charge in [0.25, 0.3) is 0 Å². The van der Waals surface area contributed by atoms with Crippen molar-refractivity contribution < 1.29 is 0 Å². The van der Waals surface area contributed by atoms with Crippen molar-refractivity contribution in [1.82, 2.24) is 19.7 Å². The zero-order valence-electron chi connectivity index (χ0n) is 15.1. The smallest absolute Gasteiger partial charge is 0.168 e. The van der Waals surface area contributed by atoms with Gasteiger partial charge in [-0.15, -0.1) is 0 Å². The van der Waals surface area contributed by atoms with Crippen LogP contribution in [-0.4, -0.2) is 19.7 Å². The molecule has 0 saturated carbocycles. The van der Waals surface area contributed by atoms with Gasteiger partial charge in [0, 0.05) is 5.69 Å². The number of nitrogens with zero attached hydrogens (tertiary/aromatic N) is 4. The standard InChI is InChI=1S/C21H21N5/c1-14(2)16-6-8-17(9-7-16)25-20-19-12-24-26(21(19)23-13-22-20)18-10-4-15(3)5-11-18/h4-14H,1-3H3,(H,22,23,25). The van der Waals surface area contributed by atoms with E-state index in [9.17, 15) is 0 Å². The number of anilines is 2. The van der Waals surface area contributed by atoms with Crippen LogP contribution in [0.15, 0.2) is 61.1 Å². The lowest BCUT2D eigenvalue weighted by atomic mass is 10.0. The number of hydrogen-bond donors (Lipinski definition) is 1. The van der Waals surface area contributed by atoms with Crippen LogP contribution < -0.4 is 5.32 Å². The Morgan fingerprint density at radius 3 is 2.35 bits per heavy atom. The molecule has 0 aliphatic heterocycles. The van der Waals surface area contributed by atoms with Gasteiger partial charge in [-0.3, -0.25) is 0 Å². The zero-order chi connectivity index (χ0) is 18.1. The zero-order valence-corrected chi connectivity index (χ0v) is 15.1. The maximum atomic E-state index is 4.51. The van der Waals surface area contributed by atoms with Gasteiger partial charge in [-0.2, -0.15) is 5.10 Å². The molecule has 0 bridgehead atoms. The van der Waals surface area contributed by atoms with Crippen molar-refractivity contribution in [2.75, 3.05) is 5.32 Å². The molecule has 2 heterocycles. The molecule has 0 radical (unpaired) electrons. The number of fused-ring (bicyclic) bond motifs is 1. The lowest BCUT2D eigenvalue weighted by molar-refractivity contribution is 0.867. The van der Waals surface area contributed by atoms with E-state index < -0.39 is 0 Å². The summed E-state index contributed by atoms with van der Waals surface area (Å²) in [5.74, 6) is 1.27. The number of benzene rings is 2. The van der Waals surface area contributed by atoms with E-state index in [1.54, 1.807) is 12.5 Å². The third-order valence-electron chi connectivity index (χ3n) is 4.48. The van der Waals surface area contributed by atoms with Gasteiger partial charge < -0.3 is 5.32 Å². The van der Waals surface area contributed by atoms with Crippen molar-refractivity contribution >= 4 is 22.5 Å².